The zero-order chi connectivity index (χ0) is 26.3. The van der Waals surface area contributed by atoms with E-state index in [1.165, 1.54) is 0 Å². The molecule has 0 aliphatic carbocycles. The molecule has 2 heterocycles. The molecule has 5 rings (SSSR count). The number of hydrogen-bond donors (Lipinski definition) is 1. The van der Waals surface area contributed by atoms with E-state index in [9.17, 15) is 5.11 Å². The number of anilines is 1. The minimum Gasteiger partial charge on any atom is -0.506 e. The molecule has 1 saturated heterocycles. The molecule has 0 bridgehead atoms. The second kappa shape index (κ2) is 11.9. The van der Waals surface area contributed by atoms with Gasteiger partial charge in [0, 0.05) is 38.3 Å². The van der Waals surface area contributed by atoms with Crippen LogP contribution in [0.1, 0.15) is 11.3 Å². The van der Waals surface area contributed by atoms with Gasteiger partial charge in [0.1, 0.15) is 35.3 Å². The number of piperazine rings is 1. The van der Waals surface area contributed by atoms with Crippen molar-refractivity contribution in [3.63, 3.8) is 0 Å². The fourth-order valence-electron chi connectivity index (χ4n) is 4.71. The molecule has 0 atom stereocenters. The van der Waals surface area contributed by atoms with Crippen LogP contribution in [0.3, 0.4) is 0 Å². The molecular formula is C31H33N3O4. The molecule has 1 aliphatic rings. The molecule has 0 amide bonds. The summed E-state index contributed by atoms with van der Waals surface area (Å²) in [5, 5.41) is 10.2. The molecule has 4 aromatic rings. The van der Waals surface area contributed by atoms with Crippen molar-refractivity contribution >= 4 is 5.69 Å². The molecule has 1 aliphatic heterocycles. The third-order valence-electron chi connectivity index (χ3n) is 6.81. The van der Waals surface area contributed by atoms with Gasteiger partial charge in [-0.2, -0.15) is 0 Å². The molecule has 196 valence electrons. The quantitative estimate of drug-likeness (QED) is 0.324. The molecule has 7 heteroatoms. The van der Waals surface area contributed by atoms with Gasteiger partial charge in [-0.3, -0.25) is 4.90 Å². The largest absolute Gasteiger partial charge is 0.506 e. The molecule has 0 radical (unpaired) electrons. The highest BCUT2D eigenvalue weighted by Gasteiger charge is 2.21. The normalized spacial score (nSPS) is 13.8. The number of phenols is 1. The predicted molar refractivity (Wildman–Crippen MR) is 149 cm³/mol. The van der Waals surface area contributed by atoms with Crippen LogP contribution < -0.4 is 19.1 Å². The van der Waals surface area contributed by atoms with E-state index in [2.05, 4.69) is 9.80 Å². The number of nitrogens with zero attached hydrogens (tertiary/aromatic N) is 3. The number of para-hydroxylation sites is 3. The number of ether oxygens (including phenoxy) is 3. The molecule has 0 spiro atoms. The van der Waals surface area contributed by atoms with Gasteiger partial charge in [0.25, 0.3) is 0 Å². The molecule has 1 aromatic heterocycles. The Kier molecular flexibility index (Phi) is 7.95. The molecule has 3 aromatic carbocycles. The summed E-state index contributed by atoms with van der Waals surface area (Å²) in [5.41, 5.74) is 4.57. The number of methoxy groups -OCH3 is 2. The van der Waals surface area contributed by atoms with Gasteiger partial charge in [-0.1, -0.05) is 36.4 Å². The standard InChI is InChI=1S/C31H33N3O4/c1-36-25-14-11-23(12-15-25)22-38-30-16-13-24(32-31(30)26-7-3-6-10-29(26)37-2)21-33-17-19-34(20-18-33)27-8-4-5-9-28(27)35/h3-16,35H,17-22H2,1-2H3. The molecule has 0 saturated carbocycles. The van der Waals surface area contributed by atoms with Crippen molar-refractivity contribution < 1.29 is 19.3 Å². The van der Waals surface area contributed by atoms with Gasteiger partial charge in [-0.05, 0) is 54.1 Å². The first-order valence-corrected chi connectivity index (χ1v) is 12.8. The van der Waals surface area contributed by atoms with Crippen molar-refractivity contribution in [2.45, 2.75) is 13.2 Å². The number of aromatic nitrogens is 1. The number of benzene rings is 3. The third kappa shape index (κ3) is 5.84. The Balaban J connectivity index is 1.33. The van der Waals surface area contributed by atoms with Gasteiger partial charge in [0.2, 0.25) is 0 Å². The SMILES string of the molecule is COc1ccc(COc2ccc(CN3CCN(c4ccccc4O)CC3)nc2-c2ccccc2OC)cc1. The highest BCUT2D eigenvalue weighted by atomic mass is 16.5. The first kappa shape index (κ1) is 25.4. The maximum atomic E-state index is 10.2. The van der Waals surface area contributed by atoms with Gasteiger partial charge < -0.3 is 24.2 Å². The highest BCUT2D eigenvalue weighted by Crippen LogP contribution is 2.36. The summed E-state index contributed by atoms with van der Waals surface area (Å²) in [5.74, 6) is 2.60. The number of pyridine rings is 1. The Labute approximate surface area is 223 Å². The van der Waals surface area contributed by atoms with E-state index in [0.717, 1.165) is 72.4 Å². The zero-order valence-electron chi connectivity index (χ0n) is 21.8. The summed E-state index contributed by atoms with van der Waals surface area (Å²) in [7, 11) is 3.33. The van der Waals surface area contributed by atoms with Crippen LogP contribution in [-0.2, 0) is 13.2 Å². The maximum absolute atomic E-state index is 10.2. The fraction of sp³-hybridized carbons (Fsp3) is 0.258. The van der Waals surface area contributed by atoms with Crippen molar-refractivity contribution in [1.29, 1.82) is 0 Å². The van der Waals surface area contributed by atoms with Crippen LogP contribution in [0, 0.1) is 0 Å². The van der Waals surface area contributed by atoms with E-state index in [1.807, 2.05) is 78.9 Å². The average Bonchev–Trinajstić information content (AvgIpc) is 2.97. The van der Waals surface area contributed by atoms with Crippen LogP contribution in [0.5, 0.6) is 23.0 Å². The summed E-state index contributed by atoms with van der Waals surface area (Å²) < 4.78 is 17.2. The minimum absolute atomic E-state index is 0.328. The second-order valence-corrected chi connectivity index (χ2v) is 9.24. The van der Waals surface area contributed by atoms with Crippen molar-refractivity contribution in [3.8, 4) is 34.3 Å². The summed E-state index contributed by atoms with van der Waals surface area (Å²) in [6.45, 7) is 4.61. The second-order valence-electron chi connectivity index (χ2n) is 9.24. The lowest BCUT2D eigenvalue weighted by atomic mass is 10.1. The van der Waals surface area contributed by atoms with Crippen molar-refractivity contribution in [1.82, 2.24) is 9.88 Å². The van der Waals surface area contributed by atoms with Gasteiger partial charge in [-0.25, -0.2) is 4.98 Å². The molecule has 1 N–H and O–H groups in total. The van der Waals surface area contributed by atoms with Crippen molar-refractivity contribution in [3.05, 3.63) is 96.2 Å². The number of aromatic hydroxyl groups is 1. The number of rotatable bonds is 9. The first-order chi connectivity index (χ1) is 18.6. The first-order valence-electron chi connectivity index (χ1n) is 12.8. The van der Waals surface area contributed by atoms with Crippen LogP contribution in [0.2, 0.25) is 0 Å². The fourth-order valence-corrected chi connectivity index (χ4v) is 4.71. The Hall–Kier alpha value is -4.23. The van der Waals surface area contributed by atoms with Crippen LogP contribution in [-0.4, -0.2) is 55.4 Å². The molecule has 38 heavy (non-hydrogen) atoms. The van der Waals surface area contributed by atoms with Gasteiger partial charge in [-0.15, -0.1) is 0 Å². The Morgan fingerprint density at radius 2 is 1.50 bits per heavy atom. The minimum atomic E-state index is 0.328. The lowest BCUT2D eigenvalue weighted by molar-refractivity contribution is 0.246. The Morgan fingerprint density at radius 3 is 2.24 bits per heavy atom. The molecule has 7 nitrogen and oxygen atoms in total. The molecule has 0 unspecified atom stereocenters. The third-order valence-corrected chi connectivity index (χ3v) is 6.81. The smallest absolute Gasteiger partial charge is 0.146 e. The maximum Gasteiger partial charge on any atom is 0.146 e. The van der Waals surface area contributed by atoms with Gasteiger partial charge in [0.05, 0.1) is 25.6 Å². The summed E-state index contributed by atoms with van der Waals surface area (Å²) >= 11 is 0. The van der Waals surface area contributed by atoms with E-state index in [4.69, 9.17) is 19.2 Å². The zero-order valence-corrected chi connectivity index (χ0v) is 21.8. The Bertz CT molecular complexity index is 1350. The monoisotopic (exact) mass is 511 g/mol. The predicted octanol–water partition coefficient (Wildman–Crippen LogP) is 5.37. The van der Waals surface area contributed by atoms with Crippen molar-refractivity contribution in [2.75, 3.05) is 45.3 Å². The molecule has 1 fully saturated rings. The lowest BCUT2D eigenvalue weighted by Gasteiger charge is -2.36. The van der Waals surface area contributed by atoms with Crippen molar-refractivity contribution in [2.24, 2.45) is 0 Å². The van der Waals surface area contributed by atoms with E-state index >= 15 is 0 Å². The summed E-state index contributed by atoms with van der Waals surface area (Å²) in [4.78, 5) is 9.68. The topological polar surface area (TPSA) is 67.3 Å². The van der Waals surface area contributed by atoms with Gasteiger partial charge >= 0.3 is 0 Å². The highest BCUT2D eigenvalue weighted by molar-refractivity contribution is 5.72. The number of hydrogen-bond acceptors (Lipinski definition) is 7. The van der Waals surface area contributed by atoms with Crippen LogP contribution in [0.4, 0.5) is 5.69 Å². The van der Waals surface area contributed by atoms with E-state index in [-0.39, 0.29) is 0 Å². The van der Waals surface area contributed by atoms with E-state index in [0.29, 0.717) is 18.1 Å². The summed E-state index contributed by atoms with van der Waals surface area (Å²) in [6.07, 6.45) is 0. The van der Waals surface area contributed by atoms with E-state index < -0.39 is 0 Å². The molecular weight excluding hydrogens is 478 g/mol. The van der Waals surface area contributed by atoms with Crippen LogP contribution in [0.25, 0.3) is 11.3 Å². The van der Waals surface area contributed by atoms with Crippen LogP contribution in [0.15, 0.2) is 84.9 Å². The number of phenolic OH excluding ortho intramolecular Hbond substituents is 1. The van der Waals surface area contributed by atoms with Gasteiger partial charge in [0.15, 0.2) is 0 Å². The Morgan fingerprint density at radius 1 is 0.763 bits per heavy atom. The van der Waals surface area contributed by atoms with Crippen LogP contribution >= 0.6 is 0 Å². The van der Waals surface area contributed by atoms with E-state index in [1.54, 1.807) is 20.3 Å². The summed E-state index contributed by atoms with van der Waals surface area (Å²) in [6, 6.07) is 27.3. The average molecular weight is 512 g/mol. The lowest BCUT2D eigenvalue weighted by Crippen LogP contribution is -2.46.